The third kappa shape index (κ3) is 3.86. The van der Waals surface area contributed by atoms with Crippen LogP contribution in [0.2, 0.25) is 0 Å². The second kappa shape index (κ2) is 7.19. The standard InChI is InChI=1S/C14H24N2O2/c1-5-7-13-12(14(17)18-6-2)10-15-16(13)9-8-11(3)4/h10-11H,5-9H2,1-4H3. The molecule has 0 atom stereocenters. The van der Waals surface area contributed by atoms with Crippen molar-refractivity contribution >= 4 is 5.97 Å². The molecule has 0 saturated heterocycles. The Kier molecular flexibility index (Phi) is 5.89. The molecule has 0 aliphatic carbocycles. The highest BCUT2D eigenvalue weighted by Crippen LogP contribution is 2.14. The average Bonchev–Trinajstić information content (AvgIpc) is 2.70. The van der Waals surface area contributed by atoms with Crippen molar-refractivity contribution < 1.29 is 9.53 Å². The molecule has 0 aliphatic rings. The first kappa shape index (κ1) is 14.7. The van der Waals surface area contributed by atoms with Gasteiger partial charge in [-0.05, 0) is 25.7 Å². The Labute approximate surface area is 109 Å². The molecule has 0 fully saturated rings. The van der Waals surface area contributed by atoms with Gasteiger partial charge in [0.05, 0.1) is 18.5 Å². The lowest BCUT2D eigenvalue weighted by molar-refractivity contribution is 0.0525. The minimum Gasteiger partial charge on any atom is -0.462 e. The van der Waals surface area contributed by atoms with Crippen molar-refractivity contribution in [2.75, 3.05) is 6.61 Å². The molecule has 4 nitrogen and oxygen atoms in total. The van der Waals surface area contributed by atoms with Gasteiger partial charge in [0.1, 0.15) is 5.56 Å². The maximum Gasteiger partial charge on any atom is 0.341 e. The van der Waals surface area contributed by atoms with E-state index in [1.165, 1.54) is 0 Å². The molecule has 1 rings (SSSR count). The number of carbonyl (C=O) groups excluding carboxylic acids is 1. The van der Waals surface area contributed by atoms with Crippen molar-refractivity contribution in [1.29, 1.82) is 0 Å². The smallest absolute Gasteiger partial charge is 0.341 e. The van der Waals surface area contributed by atoms with Gasteiger partial charge in [0.2, 0.25) is 0 Å². The summed E-state index contributed by atoms with van der Waals surface area (Å²) in [6.07, 6.45) is 4.58. The molecular weight excluding hydrogens is 228 g/mol. The van der Waals surface area contributed by atoms with Gasteiger partial charge in [0.25, 0.3) is 0 Å². The van der Waals surface area contributed by atoms with Crippen molar-refractivity contribution in [3.8, 4) is 0 Å². The van der Waals surface area contributed by atoms with Crippen LogP contribution in [-0.4, -0.2) is 22.4 Å². The largest absolute Gasteiger partial charge is 0.462 e. The predicted octanol–water partition coefficient (Wildman–Crippen LogP) is 3.06. The average molecular weight is 252 g/mol. The van der Waals surface area contributed by atoms with E-state index in [0.717, 1.165) is 31.5 Å². The molecule has 1 aromatic heterocycles. The summed E-state index contributed by atoms with van der Waals surface area (Å²) < 4.78 is 7.02. The molecule has 18 heavy (non-hydrogen) atoms. The van der Waals surface area contributed by atoms with Gasteiger partial charge in [0.15, 0.2) is 0 Å². The molecule has 0 spiro atoms. The third-order valence-electron chi connectivity index (χ3n) is 2.85. The molecular formula is C14H24N2O2. The van der Waals surface area contributed by atoms with Crippen molar-refractivity contribution in [3.05, 3.63) is 17.5 Å². The summed E-state index contributed by atoms with van der Waals surface area (Å²) in [6, 6.07) is 0. The molecule has 0 aliphatic heterocycles. The van der Waals surface area contributed by atoms with Gasteiger partial charge < -0.3 is 4.74 Å². The van der Waals surface area contributed by atoms with Crippen molar-refractivity contribution in [3.63, 3.8) is 0 Å². The summed E-state index contributed by atoms with van der Waals surface area (Å²) in [6.45, 7) is 9.58. The fraction of sp³-hybridized carbons (Fsp3) is 0.714. The normalized spacial score (nSPS) is 10.9. The number of carbonyl (C=O) groups is 1. The number of nitrogens with zero attached hydrogens (tertiary/aromatic N) is 2. The van der Waals surface area contributed by atoms with Gasteiger partial charge in [-0.3, -0.25) is 4.68 Å². The zero-order valence-electron chi connectivity index (χ0n) is 11.9. The van der Waals surface area contributed by atoms with Crippen LogP contribution in [0, 0.1) is 5.92 Å². The molecule has 102 valence electrons. The summed E-state index contributed by atoms with van der Waals surface area (Å²) in [5.74, 6) is 0.381. The number of ether oxygens (including phenoxy) is 1. The lowest BCUT2D eigenvalue weighted by Gasteiger charge is -2.10. The highest BCUT2D eigenvalue weighted by Gasteiger charge is 2.17. The van der Waals surface area contributed by atoms with Crippen molar-refractivity contribution in [2.45, 2.75) is 53.5 Å². The summed E-state index contributed by atoms with van der Waals surface area (Å²) in [5, 5.41) is 4.33. The SMILES string of the molecule is CCCc1c(C(=O)OCC)cnn1CCC(C)C. The van der Waals surface area contributed by atoms with Crippen LogP contribution in [0.1, 0.15) is 56.6 Å². The maximum atomic E-state index is 11.8. The zero-order chi connectivity index (χ0) is 13.5. The van der Waals surface area contributed by atoms with E-state index in [2.05, 4.69) is 25.9 Å². The summed E-state index contributed by atoms with van der Waals surface area (Å²) in [5.41, 5.74) is 1.64. The van der Waals surface area contributed by atoms with Crippen LogP contribution < -0.4 is 0 Å². The van der Waals surface area contributed by atoms with E-state index in [4.69, 9.17) is 4.74 Å². The van der Waals surface area contributed by atoms with Crippen LogP contribution in [-0.2, 0) is 17.7 Å². The molecule has 1 heterocycles. The van der Waals surface area contributed by atoms with E-state index in [-0.39, 0.29) is 5.97 Å². The van der Waals surface area contributed by atoms with Gasteiger partial charge in [-0.25, -0.2) is 4.79 Å². The second-order valence-electron chi connectivity index (χ2n) is 4.88. The van der Waals surface area contributed by atoms with Crippen molar-refractivity contribution in [1.82, 2.24) is 9.78 Å². The Morgan fingerprint density at radius 3 is 2.72 bits per heavy atom. The van der Waals surface area contributed by atoms with E-state index in [1.807, 2.05) is 11.6 Å². The molecule has 0 amide bonds. The van der Waals surface area contributed by atoms with Gasteiger partial charge in [0, 0.05) is 6.54 Å². The molecule has 0 unspecified atom stereocenters. The molecule has 0 saturated carbocycles. The lowest BCUT2D eigenvalue weighted by Crippen LogP contribution is -2.11. The Balaban J connectivity index is 2.87. The van der Waals surface area contributed by atoms with Crippen LogP contribution in [0.3, 0.4) is 0 Å². The fourth-order valence-electron chi connectivity index (χ4n) is 1.86. The summed E-state index contributed by atoms with van der Waals surface area (Å²) >= 11 is 0. The van der Waals surface area contributed by atoms with Crippen LogP contribution in [0.4, 0.5) is 0 Å². The molecule has 0 N–H and O–H groups in total. The minimum atomic E-state index is -0.253. The van der Waals surface area contributed by atoms with Gasteiger partial charge in [-0.1, -0.05) is 27.2 Å². The minimum absolute atomic E-state index is 0.253. The molecule has 1 aromatic rings. The first-order valence-electron chi connectivity index (χ1n) is 6.81. The van der Waals surface area contributed by atoms with Crippen LogP contribution in [0.15, 0.2) is 6.20 Å². The first-order valence-corrected chi connectivity index (χ1v) is 6.81. The number of rotatable bonds is 7. The van der Waals surface area contributed by atoms with Crippen LogP contribution in [0.5, 0.6) is 0 Å². The van der Waals surface area contributed by atoms with Gasteiger partial charge >= 0.3 is 5.97 Å². The monoisotopic (exact) mass is 252 g/mol. The first-order chi connectivity index (χ1) is 8.60. The molecule has 0 bridgehead atoms. The topological polar surface area (TPSA) is 44.1 Å². The molecule has 0 aromatic carbocycles. The summed E-state index contributed by atoms with van der Waals surface area (Å²) in [7, 11) is 0. The number of esters is 1. The highest BCUT2D eigenvalue weighted by atomic mass is 16.5. The molecule has 4 heteroatoms. The van der Waals surface area contributed by atoms with Crippen molar-refractivity contribution in [2.24, 2.45) is 5.92 Å². The van der Waals surface area contributed by atoms with E-state index < -0.39 is 0 Å². The Morgan fingerprint density at radius 2 is 2.17 bits per heavy atom. The summed E-state index contributed by atoms with van der Waals surface area (Å²) in [4.78, 5) is 11.8. The fourth-order valence-corrected chi connectivity index (χ4v) is 1.86. The van der Waals surface area contributed by atoms with E-state index in [9.17, 15) is 4.79 Å². The van der Waals surface area contributed by atoms with E-state index in [1.54, 1.807) is 6.20 Å². The zero-order valence-corrected chi connectivity index (χ0v) is 11.9. The lowest BCUT2D eigenvalue weighted by atomic mass is 10.1. The third-order valence-corrected chi connectivity index (χ3v) is 2.85. The second-order valence-corrected chi connectivity index (χ2v) is 4.88. The van der Waals surface area contributed by atoms with Crippen LogP contribution in [0.25, 0.3) is 0 Å². The van der Waals surface area contributed by atoms with Gasteiger partial charge in [-0.2, -0.15) is 5.10 Å². The van der Waals surface area contributed by atoms with Gasteiger partial charge in [-0.15, -0.1) is 0 Å². The number of aromatic nitrogens is 2. The molecule has 0 radical (unpaired) electrons. The Hall–Kier alpha value is -1.32. The number of hydrogen-bond donors (Lipinski definition) is 0. The quantitative estimate of drug-likeness (QED) is 0.700. The predicted molar refractivity (Wildman–Crippen MR) is 71.6 cm³/mol. The van der Waals surface area contributed by atoms with E-state index >= 15 is 0 Å². The highest BCUT2D eigenvalue weighted by molar-refractivity contribution is 5.90. The Bertz CT molecular complexity index is 383. The van der Waals surface area contributed by atoms with E-state index in [0.29, 0.717) is 18.1 Å². The Morgan fingerprint density at radius 1 is 1.44 bits per heavy atom. The number of hydrogen-bond acceptors (Lipinski definition) is 3. The maximum absolute atomic E-state index is 11.8. The number of aryl methyl sites for hydroxylation is 1. The van der Waals surface area contributed by atoms with Crippen LogP contribution >= 0.6 is 0 Å².